The second-order valence-corrected chi connectivity index (χ2v) is 6.00. The predicted molar refractivity (Wildman–Crippen MR) is 77.1 cm³/mol. The lowest BCUT2D eigenvalue weighted by Gasteiger charge is -2.30. The van der Waals surface area contributed by atoms with Crippen molar-refractivity contribution in [3.63, 3.8) is 0 Å². The summed E-state index contributed by atoms with van der Waals surface area (Å²) in [6.07, 6.45) is 3.60. The van der Waals surface area contributed by atoms with Crippen molar-refractivity contribution in [2.24, 2.45) is 11.7 Å². The van der Waals surface area contributed by atoms with Gasteiger partial charge in [-0.1, -0.05) is 0 Å². The molecule has 0 aliphatic heterocycles. The topological polar surface area (TPSA) is 94.1 Å². The molecule has 0 aromatic carbocycles. The molecule has 2 rings (SSSR count). The van der Waals surface area contributed by atoms with Crippen LogP contribution in [0.5, 0.6) is 0 Å². The van der Waals surface area contributed by atoms with E-state index in [2.05, 4.69) is 33.2 Å². The Balaban J connectivity index is 2.31. The number of pyridine rings is 1. The molecule has 0 amide bonds. The van der Waals surface area contributed by atoms with Crippen molar-refractivity contribution in [2.75, 3.05) is 11.9 Å². The lowest BCUT2D eigenvalue weighted by Crippen LogP contribution is -2.45. The van der Waals surface area contributed by atoms with Gasteiger partial charge in [0.1, 0.15) is 12.0 Å². The molecule has 1 aromatic rings. The average molecular weight is 329 g/mol. The highest BCUT2D eigenvalue weighted by Gasteiger charge is 2.41. The normalized spacial score (nSPS) is 17.9. The van der Waals surface area contributed by atoms with Crippen LogP contribution in [0.4, 0.5) is 11.5 Å². The Morgan fingerprint density at radius 1 is 1.68 bits per heavy atom. The summed E-state index contributed by atoms with van der Waals surface area (Å²) >= 11 is 3.38. The van der Waals surface area contributed by atoms with E-state index in [1.54, 1.807) is 6.92 Å². The molecule has 104 valence electrons. The molecule has 0 bridgehead atoms. The number of halogens is 1. The maximum absolute atomic E-state index is 10.8. The fourth-order valence-electron chi connectivity index (χ4n) is 2.15. The highest BCUT2D eigenvalue weighted by atomic mass is 79.9. The molecule has 1 atom stereocenters. The summed E-state index contributed by atoms with van der Waals surface area (Å²) in [5, 5.41) is 14.2. The number of rotatable bonds is 5. The quantitative estimate of drug-likeness (QED) is 0.640. The summed E-state index contributed by atoms with van der Waals surface area (Å²) in [6, 6.07) is 0. The van der Waals surface area contributed by atoms with Gasteiger partial charge in [0.25, 0.3) is 5.69 Å². The number of nitrogens with two attached hydrogens (primary N) is 1. The van der Waals surface area contributed by atoms with E-state index in [0.29, 0.717) is 28.3 Å². The molecule has 1 aromatic heterocycles. The predicted octanol–water partition coefficient (Wildman–Crippen LogP) is 2.60. The molecule has 1 heterocycles. The first-order chi connectivity index (χ1) is 8.89. The van der Waals surface area contributed by atoms with Gasteiger partial charge in [0.05, 0.1) is 14.9 Å². The van der Waals surface area contributed by atoms with Crippen molar-refractivity contribution in [3.8, 4) is 0 Å². The molecule has 3 N–H and O–H groups in total. The van der Waals surface area contributed by atoms with E-state index in [1.807, 2.05) is 0 Å². The number of nitro groups is 1. The Kier molecular flexibility index (Phi) is 3.78. The minimum Gasteiger partial charge on any atom is -0.362 e. The molecule has 1 aliphatic carbocycles. The van der Waals surface area contributed by atoms with Gasteiger partial charge in [-0.3, -0.25) is 10.1 Å². The van der Waals surface area contributed by atoms with Crippen molar-refractivity contribution >= 4 is 27.4 Å². The van der Waals surface area contributed by atoms with E-state index in [9.17, 15) is 10.1 Å². The monoisotopic (exact) mass is 328 g/mol. The molecule has 0 spiro atoms. The maximum atomic E-state index is 10.8. The summed E-state index contributed by atoms with van der Waals surface area (Å²) in [5.41, 5.74) is 6.22. The SMILES string of the molecule is Cc1c([N+](=O)[O-])cnc(NC(C)(CN)C2CC2)c1Br. The van der Waals surface area contributed by atoms with Gasteiger partial charge in [-0.25, -0.2) is 4.98 Å². The van der Waals surface area contributed by atoms with Crippen LogP contribution in [0.1, 0.15) is 25.3 Å². The molecule has 6 nitrogen and oxygen atoms in total. The summed E-state index contributed by atoms with van der Waals surface area (Å²) < 4.78 is 0.627. The zero-order valence-corrected chi connectivity index (χ0v) is 12.5. The summed E-state index contributed by atoms with van der Waals surface area (Å²) in [7, 11) is 0. The third kappa shape index (κ3) is 2.71. The zero-order valence-electron chi connectivity index (χ0n) is 10.9. The van der Waals surface area contributed by atoms with Crippen molar-refractivity contribution in [3.05, 3.63) is 26.3 Å². The smallest absolute Gasteiger partial charge is 0.291 e. The first-order valence-corrected chi connectivity index (χ1v) is 6.96. The fourth-order valence-corrected chi connectivity index (χ4v) is 2.56. The van der Waals surface area contributed by atoms with Crippen LogP contribution in [0.2, 0.25) is 0 Å². The Hall–Kier alpha value is -1.21. The van der Waals surface area contributed by atoms with E-state index >= 15 is 0 Å². The molecule has 7 heteroatoms. The van der Waals surface area contributed by atoms with Crippen LogP contribution in [-0.2, 0) is 0 Å². The zero-order chi connectivity index (χ0) is 14.2. The van der Waals surface area contributed by atoms with Crippen LogP contribution in [0.3, 0.4) is 0 Å². The van der Waals surface area contributed by atoms with Gasteiger partial charge in [0.15, 0.2) is 0 Å². The standard InChI is InChI=1S/C12H17BrN4O2/c1-7-9(17(18)19)5-15-11(10(7)13)16-12(2,6-14)8-3-4-8/h5,8H,3-4,6,14H2,1-2H3,(H,15,16). The number of nitrogens with one attached hydrogen (secondary N) is 1. The van der Waals surface area contributed by atoms with E-state index in [1.165, 1.54) is 6.20 Å². The van der Waals surface area contributed by atoms with Crippen molar-refractivity contribution in [2.45, 2.75) is 32.2 Å². The lowest BCUT2D eigenvalue weighted by atomic mass is 9.96. The van der Waals surface area contributed by atoms with Crippen LogP contribution in [0, 0.1) is 23.0 Å². The number of aromatic nitrogens is 1. The lowest BCUT2D eigenvalue weighted by molar-refractivity contribution is -0.385. The molecule has 1 aliphatic rings. The Morgan fingerprint density at radius 3 is 2.79 bits per heavy atom. The molecule has 1 fully saturated rings. The minimum absolute atomic E-state index is 0.0123. The van der Waals surface area contributed by atoms with Gasteiger partial charge >= 0.3 is 0 Å². The van der Waals surface area contributed by atoms with Crippen molar-refractivity contribution in [1.82, 2.24) is 4.98 Å². The van der Waals surface area contributed by atoms with E-state index in [4.69, 9.17) is 5.73 Å². The third-order valence-corrected chi connectivity index (χ3v) is 4.71. The van der Waals surface area contributed by atoms with E-state index in [0.717, 1.165) is 12.8 Å². The van der Waals surface area contributed by atoms with Crippen LogP contribution in [0.25, 0.3) is 0 Å². The third-order valence-electron chi connectivity index (χ3n) is 3.74. The summed E-state index contributed by atoms with van der Waals surface area (Å²) in [4.78, 5) is 14.6. The highest BCUT2D eigenvalue weighted by Crippen LogP contribution is 2.42. The fraction of sp³-hybridized carbons (Fsp3) is 0.583. The van der Waals surface area contributed by atoms with Gasteiger partial charge in [-0.05, 0) is 48.5 Å². The molecule has 0 radical (unpaired) electrons. The van der Waals surface area contributed by atoms with Gasteiger partial charge < -0.3 is 11.1 Å². The van der Waals surface area contributed by atoms with Crippen LogP contribution in [0.15, 0.2) is 10.7 Å². The van der Waals surface area contributed by atoms with Crippen molar-refractivity contribution < 1.29 is 4.92 Å². The Bertz CT molecular complexity index is 519. The van der Waals surface area contributed by atoms with Gasteiger partial charge in [-0.2, -0.15) is 0 Å². The van der Waals surface area contributed by atoms with Crippen LogP contribution in [-0.4, -0.2) is 22.0 Å². The molecule has 1 unspecified atom stereocenters. The van der Waals surface area contributed by atoms with E-state index < -0.39 is 4.92 Å². The van der Waals surface area contributed by atoms with Crippen LogP contribution < -0.4 is 11.1 Å². The Morgan fingerprint density at radius 2 is 2.32 bits per heavy atom. The highest BCUT2D eigenvalue weighted by molar-refractivity contribution is 9.10. The van der Waals surface area contributed by atoms with Crippen molar-refractivity contribution in [1.29, 1.82) is 0 Å². The van der Waals surface area contributed by atoms with Crippen LogP contribution >= 0.6 is 15.9 Å². The second kappa shape index (κ2) is 5.05. The van der Waals surface area contributed by atoms with Gasteiger partial charge in [0.2, 0.25) is 0 Å². The maximum Gasteiger partial charge on any atom is 0.291 e. The summed E-state index contributed by atoms with van der Waals surface area (Å²) in [5.74, 6) is 1.16. The first kappa shape index (κ1) is 14.2. The number of hydrogen-bond acceptors (Lipinski definition) is 5. The molecule has 19 heavy (non-hydrogen) atoms. The minimum atomic E-state index is -0.431. The van der Waals surface area contributed by atoms with Gasteiger partial charge in [-0.15, -0.1) is 0 Å². The van der Waals surface area contributed by atoms with E-state index in [-0.39, 0.29) is 11.2 Å². The molecular weight excluding hydrogens is 312 g/mol. The summed E-state index contributed by atoms with van der Waals surface area (Å²) in [6.45, 7) is 4.27. The number of hydrogen-bond donors (Lipinski definition) is 2. The first-order valence-electron chi connectivity index (χ1n) is 6.17. The largest absolute Gasteiger partial charge is 0.362 e. The average Bonchev–Trinajstić information content (AvgIpc) is 3.19. The number of anilines is 1. The molecular formula is C12H17BrN4O2. The number of nitrogens with zero attached hydrogens (tertiary/aromatic N) is 2. The Labute approximate surface area is 120 Å². The molecule has 0 saturated heterocycles. The van der Waals surface area contributed by atoms with Gasteiger partial charge in [0, 0.05) is 12.1 Å². The molecule has 1 saturated carbocycles. The second-order valence-electron chi connectivity index (χ2n) is 5.21.